The zero-order valence-corrected chi connectivity index (χ0v) is 17.2. The molecule has 1 fully saturated rings. The van der Waals surface area contributed by atoms with E-state index in [1.165, 1.54) is 11.3 Å². The molecule has 2 heterocycles. The summed E-state index contributed by atoms with van der Waals surface area (Å²) in [4.78, 5) is 26.9. The monoisotopic (exact) mass is 415 g/mol. The van der Waals surface area contributed by atoms with Crippen LogP contribution in [0.3, 0.4) is 0 Å². The van der Waals surface area contributed by atoms with Crippen LogP contribution in [0, 0.1) is 0 Å². The number of rotatable bonds is 9. The van der Waals surface area contributed by atoms with E-state index in [2.05, 4.69) is 10.5 Å². The lowest BCUT2D eigenvalue weighted by Gasteiger charge is -2.17. The molecule has 1 aromatic heterocycles. The Hall–Kier alpha value is -2.87. The minimum Gasteiger partial charge on any atom is -0.490 e. The third-order valence-corrected chi connectivity index (χ3v) is 5.27. The minimum absolute atomic E-state index is 0.00765. The van der Waals surface area contributed by atoms with Gasteiger partial charge in [-0.25, -0.2) is 5.43 Å². The van der Waals surface area contributed by atoms with Gasteiger partial charge in [-0.3, -0.25) is 9.59 Å². The molecule has 0 spiro atoms. The SMILES string of the molecule is CCOc1cc(/C=N\NC(=O)Cc2cccs2)ccc1OCC(=O)N1CCCC1. The molecule has 0 aliphatic carbocycles. The van der Waals surface area contributed by atoms with E-state index >= 15 is 0 Å². The third-order valence-electron chi connectivity index (χ3n) is 4.40. The van der Waals surface area contributed by atoms with Gasteiger partial charge in [0.1, 0.15) is 0 Å². The fourth-order valence-corrected chi connectivity index (χ4v) is 3.68. The van der Waals surface area contributed by atoms with Crippen LogP contribution in [0.5, 0.6) is 11.5 Å². The number of nitrogens with zero attached hydrogens (tertiary/aromatic N) is 2. The second kappa shape index (κ2) is 10.6. The van der Waals surface area contributed by atoms with Gasteiger partial charge in [0.2, 0.25) is 5.91 Å². The molecule has 2 amide bonds. The Kier molecular flexibility index (Phi) is 7.63. The lowest BCUT2D eigenvalue weighted by Crippen LogP contribution is -2.32. The Morgan fingerprint density at radius 1 is 1.21 bits per heavy atom. The van der Waals surface area contributed by atoms with Gasteiger partial charge < -0.3 is 14.4 Å². The third kappa shape index (κ3) is 6.32. The van der Waals surface area contributed by atoms with E-state index in [0.717, 1.165) is 36.4 Å². The summed E-state index contributed by atoms with van der Waals surface area (Å²) in [5, 5.41) is 5.94. The first-order valence-electron chi connectivity index (χ1n) is 9.67. The normalized spacial score (nSPS) is 13.6. The van der Waals surface area contributed by atoms with Crippen LogP contribution < -0.4 is 14.9 Å². The highest BCUT2D eigenvalue weighted by atomic mass is 32.1. The maximum atomic E-state index is 12.2. The molecule has 0 radical (unpaired) electrons. The van der Waals surface area contributed by atoms with Crippen LogP contribution in [0.4, 0.5) is 0 Å². The fourth-order valence-electron chi connectivity index (χ4n) is 2.98. The van der Waals surface area contributed by atoms with Crippen molar-refractivity contribution in [1.29, 1.82) is 0 Å². The molecule has 2 aromatic rings. The van der Waals surface area contributed by atoms with Gasteiger partial charge in [0.05, 0.1) is 19.2 Å². The van der Waals surface area contributed by atoms with Crippen LogP contribution in [0.25, 0.3) is 0 Å². The molecular formula is C21H25N3O4S. The summed E-state index contributed by atoms with van der Waals surface area (Å²) in [6.07, 6.45) is 3.95. The van der Waals surface area contributed by atoms with Crippen molar-refractivity contribution in [2.45, 2.75) is 26.2 Å². The first-order chi connectivity index (χ1) is 14.2. The molecule has 0 unspecified atom stereocenters. The Bertz CT molecular complexity index is 846. The number of amides is 2. The molecule has 0 bridgehead atoms. The first-order valence-corrected chi connectivity index (χ1v) is 10.6. The topological polar surface area (TPSA) is 80.2 Å². The van der Waals surface area contributed by atoms with Crippen LogP contribution in [-0.2, 0) is 16.0 Å². The number of hydrogen-bond donors (Lipinski definition) is 1. The van der Waals surface area contributed by atoms with E-state index in [9.17, 15) is 9.59 Å². The summed E-state index contributed by atoms with van der Waals surface area (Å²) in [6, 6.07) is 9.14. The number of likely N-dealkylation sites (tertiary alicyclic amines) is 1. The Morgan fingerprint density at radius 3 is 2.76 bits per heavy atom. The predicted octanol–water partition coefficient (Wildman–Crippen LogP) is 2.84. The lowest BCUT2D eigenvalue weighted by atomic mass is 10.2. The predicted molar refractivity (Wildman–Crippen MR) is 113 cm³/mol. The fraction of sp³-hybridized carbons (Fsp3) is 0.381. The van der Waals surface area contributed by atoms with Gasteiger partial charge in [0, 0.05) is 18.0 Å². The van der Waals surface area contributed by atoms with Gasteiger partial charge in [-0.15, -0.1) is 11.3 Å². The standard InChI is InChI=1S/C21H25N3O4S/c1-2-27-19-12-16(14-22-23-20(25)13-17-6-5-11-29-17)7-8-18(19)28-15-21(26)24-9-3-4-10-24/h5-8,11-12,14H,2-4,9-10,13,15H2,1H3,(H,23,25)/b22-14-. The van der Waals surface area contributed by atoms with Crippen LogP contribution in [0.2, 0.25) is 0 Å². The minimum atomic E-state index is -0.172. The van der Waals surface area contributed by atoms with Crippen molar-refractivity contribution in [3.63, 3.8) is 0 Å². The Morgan fingerprint density at radius 2 is 2.03 bits per heavy atom. The Labute approximate surface area is 174 Å². The number of carbonyl (C=O) groups excluding carboxylic acids is 2. The molecule has 154 valence electrons. The van der Waals surface area contributed by atoms with E-state index < -0.39 is 0 Å². The summed E-state index contributed by atoms with van der Waals surface area (Å²) in [5.41, 5.74) is 3.27. The molecule has 8 heteroatoms. The summed E-state index contributed by atoms with van der Waals surface area (Å²) in [6.45, 7) is 3.94. The summed E-state index contributed by atoms with van der Waals surface area (Å²) < 4.78 is 11.3. The summed E-state index contributed by atoms with van der Waals surface area (Å²) in [7, 11) is 0. The van der Waals surface area contributed by atoms with Crippen LogP contribution in [0.1, 0.15) is 30.2 Å². The van der Waals surface area contributed by atoms with Gasteiger partial charge in [-0.2, -0.15) is 5.10 Å². The average molecular weight is 416 g/mol. The number of hydrogen-bond acceptors (Lipinski definition) is 6. The molecule has 29 heavy (non-hydrogen) atoms. The molecule has 3 rings (SSSR count). The molecule has 1 aromatic carbocycles. The zero-order valence-electron chi connectivity index (χ0n) is 16.4. The van der Waals surface area contributed by atoms with Gasteiger partial charge in [0.15, 0.2) is 18.1 Å². The molecule has 1 saturated heterocycles. The van der Waals surface area contributed by atoms with Gasteiger partial charge >= 0.3 is 0 Å². The summed E-state index contributed by atoms with van der Waals surface area (Å²) >= 11 is 1.53. The van der Waals surface area contributed by atoms with Crippen molar-refractivity contribution in [2.24, 2.45) is 5.10 Å². The largest absolute Gasteiger partial charge is 0.490 e. The van der Waals surface area contributed by atoms with E-state index in [0.29, 0.717) is 24.5 Å². The van der Waals surface area contributed by atoms with Crippen molar-refractivity contribution in [3.8, 4) is 11.5 Å². The number of thiophene rings is 1. The second-order valence-electron chi connectivity index (χ2n) is 6.57. The van der Waals surface area contributed by atoms with Gasteiger partial charge in [-0.05, 0) is 55.0 Å². The van der Waals surface area contributed by atoms with Gasteiger partial charge in [0.25, 0.3) is 5.91 Å². The highest BCUT2D eigenvalue weighted by Crippen LogP contribution is 2.28. The molecule has 1 aliphatic heterocycles. The smallest absolute Gasteiger partial charge is 0.260 e. The quantitative estimate of drug-likeness (QED) is 0.504. The summed E-state index contributed by atoms with van der Waals surface area (Å²) in [5.74, 6) is 0.868. The molecule has 1 aliphatic rings. The van der Waals surface area contributed by atoms with Gasteiger partial charge in [-0.1, -0.05) is 6.07 Å². The van der Waals surface area contributed by atoms with Crippen molar-refractivity contribution in [1.82, 2.24) is 10.3 Å². The number of carbonyl (C=O) groups is 2. The lowest BCUT2D eigenvalue weighted by molar-refractivity contribution is -0.132. The average Bonchev–Trinajstić information content (AvgIpc) is 3.41. The van der Waals surface area contributed by atoms with Crippen LogP contribution >= 0.6 is 11.3 Å². The molecular weight excluding hydrogens is 390 g/mol. The highest BCUT2D eigenvalue weighted by molar-refractivity contribution is 7.10. The van der Waals surface area contributed by atoms with Crippen molar-refractivity contribution in [3.05, 3.63) is 46.2 Å². The number of ether oxygens (including phenoxy) is 2. The van der Waals surface area contributed by atoms with E-state index in [4.69, 9.17) is 9.47 Å². The second-order valence-corrected chi connectivity index (χ2v) is 7.60. The van der Waals surface area contributed by atoms with Crippen LogP contribution in [-0.4, -0.2) is 49.2 Å². The molecule has 0 atom stereocenters. The van der Waals surface area contributed by atoms with Crippen molar-refractivity contribution >= 4 is 29.4 Å². The molecule has 1 N–H and O–H groups in total. The number of hydrazone groups is 1. The Balaban J connectivity index is 1.56. The van der Waals surface area contributed by atoms with E-state index in [1.54, 1.807) is 24.4 Å². The maximum absolute atomic E-state index is 12.2. The maximum Gasteiger partial charge on any atom is 0.260 e. The van der Waals surface area contributed by atoms with E-state index in [-0.39, 0.29) is 18.4 Å². The molecule has 0 saturated carbocycles. The number of benzene rings is 1. The van der Waals surface area contributed by atoms with Crippen molar-refractivity contribution < 1.29 is 19.1 Å². The van der Waals surface area contributed by atoms with Crippen molar-refractivity contribution in [2.75, 3.05) is 26.3 Å². The molecule has 7 nitrogen and oxygen atoms in total. The highest BCUT2D eigenvalue weighted by Gasteiger charge is 2.19. The zero-order chi connectivity index (χ0) is 20.5. The van der Waals surface area contributed by atoms with E-state index in [1.807, 2.05) is 29.3 Å². The number of nitrogens with one attached hydrogen (secondary N) is 1. The first kappa shape index (κ1) is 20.9. The van der Waals surface area contributed by atoms with Crippen LogP contribution in [0.15, 0.2) is 40.8 Å².